The van der Waals surface area contributed by atoms with Gasteiger partial charge in [-0.05, 0) is 55.9 Å². The average molecular weight is 455 g/mol. The predicted molar refractivity (Wildman–Crippen MR) is 131 cm³/mol. The highest BCUT2D eigenvalue weighted by atomic mass is 16.5. The summed E-state index contributed by atoms with van der Waals surface area (Å²) in [5, 5.41) is 0. The molecule has 3 rings (SSSR count). The van der Waals surface area contributed by atoms with Crippen LogP contribution in [0.1, 0.15) is 23.5 Å². The van der Waals surface area contributed by atoms with Crippen molar-refractivity contribution in [3.63, 3.8) is 0 Å². The third-order valence-corrected chi connectivity index (χ3v) is 6.00. The zero-order valence-corrected chi connectivity index (χ0v) is 20.5. The topological polar surface area (TPSA) is 61.8 Å². The Bertz CT molecular complexity index is 977. The Morgan fingerprint density at radius 1 is 0.818 bits per heavy atom. The number of nitrogens with zero attached hydrogens (tertiary/aromatic N) is 2. The van der Waals surface area contributed by atoms with Gasteiger partial charge in [0.2, 0.25) is 5.75 Å². The van der Waals surface area contributed by atoms with Crippen molar-refractivity contribution >= 4 is 6.21 Å². The Kier molecular flexibility index (Phi) is 8.22. The quantitative estimate of drug-likeness (QED) is 0.418. The first kappa shape index (κ1) is 24.5. The van der Waals surface area contributed by atoms with E-state index in [1.54, 1.807) is 35.5 Å². The van der Waals surface area contributed by atoms with Crippen LogP contribution in [-0.4, -0.2) is 72.8 Å². The number of methoxy groups -OCH3 is 5. The summed E-state index contributed by atoms with van der Waals surface area (Å²) >= 11 is 0. The van der Waals surface area contributed by atoms with E-state index < -0.39 is 0 Å². The second-order valence-corrected chi connectivity index (χ2v) is 8.07. The van der Waals surface area contributed by atoms with E-state index in [4.69, 9.17) is 28.7 Å². The number of likely N-dealkylation sites (N-methyl/N-ethyl adjacent to an activating group) is 1. The molecule has 0 saturated carbocycles. The maximum Gasteiger partial charge on any atom is 0.203 e. The monoisotopic (exact) mass is 454 g/mol. The van der Waals surface area contributed by atoms with Gasteiger partial charge in [0.05, 0.1) is 47.6 Å². The van der Waals surface area contributed by atoms with Crippen LogP contribution in [0.5, 0.6) is 28.7 Å². The van der Waals surface area contributed by atoms with E-state index in [1.165, 1.54) is 0 Å². The molecule has 1 unspecified atom stereocenters. The van der Waals surface area contributed by atoms with Gasteiger partial charge in [0.15, 0.2) is 23.0 Å². The molecule has 0 saturated heterocycles. The summed E-state index contributed by atoms with van der Waals surface area (Å²) in [6, 6.07) is 10.1. The summed E-state index contributed by atoms with van der Waals surface area (Å²) in [7, 11) is 12.3. The molecule has 33 heavy (non-hydrogen) atoms. The number of benzene rings is 2. The third-order valence-electron chi connectivity index (χ3n) is 6.00. The number of rotatable bonds is 9. The lowest BCUT2D eigenvalue weighted by molar-refractivity contribution is 0.270. The highest BCUT2D eigenvalue weighted by molar-refractivity contribution is 5.82. The smallest absolute Gasteiger partial charge is 0.203 e. The molecule has 0 fully saturated rings. The average Bonchev–Trinajstić information content (AvgIpc) is 2.85. The maximum absolute atomic E-state index is 5.55. The van der Waals surface area contributed by atoms with Gasteiger partial charge in [-0.1, -0.05) is 18.2 Å². The Morgan fingerprint density at radius 3 is 2.00 bits per heavy atom. The van der Waals surface area contributed by atoms with E-state index in [0.717, 1.165) is 23.3 Å². The number of hydrogen-bond donors (Lipinski definition) is 0. The zero-order chi connectivity index (χ0) is 24.0. The minimum Gasteiger partial charge on any atom is -0.493 e. The summed E-state index contributed by atoms with van der Waals surface area (Å²) in [4.78, 5) is 7.27. The standard InChI is InChI=1S/C26H34N2O5/c1-28(2)20-10-8-9-19(18-11-12-21(29-3)22(15-18)30-4)25(20)27-16-17-13-23(31-5)26(33-7)24(14-17)32-6/h8,10-16,19-20,25H,9H2,1-7H3/t19-,20-,25?/m0/s1. The van der Waals surface area contributed by atoms with Crippen molar-refractivity contribution in [2.24, 2.45) is 4.99 Å². The molecular formula is C26H34N2O5. The highest BCUT2D eigenvalue weighted by Gasteiger charge is 2.32. The molecule has 2 aromatic carbocycles. The van der Waals surface area contributed by atoms with E-state index in [2.05, 4.69) is 43.3 Å². The van der Waals surface area contributed by atoms with Crippen LogP contribution in [0.25, 0.3) is 0 Å². The van der Waals surface area contributed by atoms with Gasteiger partial charge >= 0.3 is 0 Å². The molecule has 0 bridgehead atoms. The van der Waals surface area contributed by atoms with Gasteiger partial charge in [0, 0.05) is 12.1 Å². The van der Waals surface area contributed by atoms with Gasteiger partial charge in [-0.3, -0.25) is 4.99 Å². The largest absolute Gasteiger partial charge is 0.493 e. The van der Waals surface area contributed by atoms with Crippen molar-refractivity contribution in [3.05, 3.63) is 53.6 Å². The maximum atomic E-state index is 5.55. The van der Waals surface area contributed by atoms with Crippen LogP contribution in [-0.2, 0) is 0 Å². The van der Waals surface area contributed by atoms with Gasteiger partial charge in [-0.2, -0.15) is 0 Å². The van der Waals surface area contributed by atoms with Crippen LogP contribution in [0.4, 0.5) is 0 Å². The molecule has 0 N–H and O–H groups in total. The van der Waals surface area contributed by atoms with E-state index in [9.17, 15) is 0 Å². The van der Waals surface area contributed by atoms with Crippen molar-refractivity contribution in [2.45, 2.75) is 24.4 Å². The molecule has 1 aliphatic rings. The van der Waals surface area contributed by atoms with Gasteiger partial charge in [0.1, 0.15) is 0 Å². The van der Waals surface area contributed by atoms with Gasteiger partial charge in [0.25, 0.3) is 0 Å². The SMILES string of the molecule is COc1ccc([C@@H]2CC=C[C@H](N(C)C)C2N=Cc2cc(OC)c(OC)c(OC)c2)cc1OC. The van der Waals surface area contributed by atoms with Gasteiger partial charge in [-0.15, -0.1) is 0 Å². The van der Waals surface area contributed by atoms with E-state index in [-0.39, 0.29) is 18.0 Å². The number of allylic oxidation sites excluding steroid dienone is 1. The molecule has 0 spiro atoms. The lowest BCUT2D eigenvalue weighted by atomic mass is 9.80. The van der Waals surface area contributed by atoms with Crippen LogP contribution in [0.3, 0.4) is 0 Å². The lowest BCUT2D eigenvalue weighted by Gasteiger charge is -2.36. The molecule has 0 aliphatic heterocycles. The lowest BCUT2D eigenvalue weighted by Crippen LogP contribution is -2.42. The molecule has 7 nitrogen and oxygen atoms in total. The van der Waals surface area contributed by atoms with Crippen molar-refractivity contribution in [1.29, 1.82) is 0 Å². The van der Waals surface area contributed by atoms with Gasteiger partial charge in [-0.25, -0.2) is 0 Å². The molecule has 0 heterocycles. The number of aliphatic imine (C=N–C) groups is 1. The molecular weight excluding hydrogens is 420 g/mol. The van der Waals surface area contributed by atoms with Crippen LogP contribution in [0.15, 0.2) is 47.5 Å². The van der Waals surface area contributed by atoms with Crippen molar-refractivity contribution < 1.29 is 23.7 Å². The molecule has 0 amide bonds. The fourth-order valence-electron chi connectivity index (χ4n) is 4.29. The third kappa shape index (κ3) is 5.25. The fourth-order valence-corrected chi connectivity index (χ4v) is 4.29. The predicted octanol–water partition coefficient (Wildman–Crippen LogP) is 4.19. The summed E-state index contributed by atoms with van der Waals surface area (Å²) in [6.45, 7) is 0. The molecule has 7 heteroatoms. The van der Waals surface area contributed by atoms with E-state index in [1.807, 2.05) is 24.4 Å². The Morgan fingerprint density at radius 2 is 1.45 bits per heavy atom. The van der Waals surface area contributed by atoms with Crippen molar-refractivity contribution in [2.75, 3.05) is 49.6 Å². The Balaban J connectivity index is 2.01. The van der Waals surface area contributed by atoms with Crippen LogP contribution in [0.2, 0.25) is 0 Å². The minimum absolute atomic E-state index is 0.00203. The molecule has 3 atom stereocenters. The molecule has 178 valence electrons. The van der Waals surface area contributed by atoms with Crippen molar-refractivity contribution in [3.8, 4) is 28.7 Å². The number of ether oxygens (including phenoxy) is 5. The summed E-state index contributed by atoms with van der Waals surface area (Å²) in [6.07, 6.45) is 7.24. The molecule has 0 radical (unpaired) electrons. The summed E-state index contributed by atoms with van der Waals surface area (Å²) in [5.41, 5.74) is 2.04. The zero-order valence-electron chi connectivity index (χ0n) is 20.5. The van der Waals surface area contributed by atoms with E-state index in [0.29, 0.717) is 23.0 Å². The second-order valence-electron chi connectivity index (χ2n) is 8.07. The normalized spacial score (nSPS) is 20.2. The Hall–Kier alpha value is -3.19. The van der Waals surface area contributed by atoms with Gasteiger partial charge < -0.3 is 28.6 Å². The first-order valence-corrected chi connectivity index (χ1v) is 10.9. The van der Waals surface area contributed by atoms with Crippen LogP contribution in [0, 0.1) is 0 Å². The van der Waals surface area contributed by atoms with Crippen LogP contribution >= 0.6 is 0 Å². The first-order chi connectivity index (χ1) is 16.0. The van der Waals surface area contributed by atoms with Crippen molar-refractivity contribution in [1.82, 2.24) is 4.90 Å². The fraction of sp³-hybridized carbons (Fsp3) is 0.423. The first-order valence-electron chi connectivity index (χ1n) is 10.9. The molecule has 0 aromatic heterocycles. The number of hydrogen-bond acceptors (Lipinski definition) is 7. The van der Waals surface area contributed by atoms with E-state index >= 15 is 0 Å². The summed E-state index contributed by atoms with van der Waals surface area (Å²) in [5.74, 6) is 3.38. The molecule has 2 aromatic rings. The Labute approximate surface area is 196 Å². The summed E-state index contributed by atoms with van der Waals surface area (Å²) < 4.78 is 27.4. The minimum atomic E-state index is 0.00203. The second kappa shape index (κ2) is 11.1. The highest BCUT2D eigenvalue weighted by Crippen LogP contribution is 2.39. The van der Waals surface area contributed by atoms with Crippen LogP contribution < -0.4 is 23.7 Å². The molecule has 1 aliphatic carbocycles.